The van der Waals surface area contributed by atoms with Gasteiger partial charge in [0.15, 0.2) is 0 Å². The van der Waals surface area contributed by atoms with Crippen LogP contribution in [0.2, 0.25) is 0 Å². The summed E-state index contributed by atoms with van der Waals surface area (Å²) in [5.74, 6) is 6.62. The van der Waals surface area contributed by atoms with Gasteiger partial charge in [-0.1, -0.05) is 139 Å². The van der Waals surface area contributed by atoms with Gasteiger partial charge in [0.05, 0.1) is 13.2 Å². The third kappa shape index (κ3) is 11.2. The Morgan fingerprint density at radius 3 is 1.78 bits per heavy atom. The first-order valence-corrected chi connectivity index (χ1v) is 36.2. The predicted octanol–water partition coefficient (Wildman–Crippen LogP) is 16.4. The smallest absolute Gasteiger partial charge is 0.0654 e. The SMILES string of the molecule is C.CC[C@@H]1C[C@@H]2c3cccc4[nH]cc(c34)C[C@H]2N(C)C1.CC[C@H]1CC[C@@H]2CC3=CCc4cccc(c43)[C@H]2C1.CC[C@H]1CN[C@@H]2Cc3c[nH]c4cccc(c34)[C@H]2C1.CN1CC(CO)=C[C@@H]2c3cccc4[nH]cc(c34)C[C@H]21.CN1C[C@H](CO)C=C2c3cccc4[nH]cc(c34)C[C@H]21. The molecule has 0 spiro atoms. The molecule has 94 heavy (non-hydrogen) atoms. The van der Waals surface area contributed by atoms with Crippen LogP contribution in [-0.2, 0) is 32.1 Å². The molecule has 4 aromatic heterocycles. The number of benzene rings is 5. The molecule has 492 valence electrons. The van der Waals surface area contributed by atoms with Crippen molar-refractivity contribution in [2.24, 2.45) is 29.6 Å². The molecule has 1 saturated carbocycles. The Kier molecular flexibility index (Phi) is 17.7. The summed E-state index contributed by atoms with van der Waals surface area (Å²) in [6.07, 6.45) is 34.0. The van der Waals surface area contributed by atoms with Gasteiger partial charge in [0.2, 0.25) is 0 Å². The number of hydrogen-bond donors (Lipinski definition) is 7. The van der Waals surface area contributed by atoms with E-state index < -0.39 is 0 Å². The predicted molar refractivity (Wildman–Crippen MR) is 391 cm³/mol. The number of aliphatic hydroxyl groups excluding tert-OH is 2. The van der Waals surface area contributed by atoms with Crippen molar-refractivity contribution in [3.63, 3.8) is 0 Å². The molecule has 8 heterocycles. The molecule has 3 fully saturated rings. The maximum absolute atomic E-state index is 9.47. The second kappa shape index (κ2) is 26.3. The van der Waals surface area contributed by atoms with Gasteiger partial charge >= 0.3 is 0 Å². The standard InChI is InChI=1S/C18H22.C17H22N2.2C16H18N2O.C16H20N2.CH4/c1-2-12-6-7-14-11-15-9-8-13-4-3-5-16(18(13)15)17(14)10-12;1-3-11-7-14-13-5-4-6-15-17(13)12(9-18-15)8-16(14)19(2)10-11;2*1-18-8-10(9-19)5-13-12-3-2-4-14-16(12)11(7-17-14)6-15(13)18;1-2-10-6-13-12-4-3-5-14-16(12)11(9-18-14)7-15(13)17-8-10;/h3-5,9,12,14,17H,2,6-8,10-11H2,1H3;4-6,9,11,14,16,18H,3,7-8,10H2,1-2H3;2-5,7,13,15,17,19H,6,8-9H2,1H3;2-5,7,10,15,17,19H,6,8-9H2,1H3;3-5,9-10,13,15,17-18H,2,6-8H2,1H3;1H4/t12-,14+,17-;11-,14-,16-;13-,15-;10-,15-;10-,13-,15-;/m01111./s1. The highest BCUT2D eigenvalue weighted by Gasteiger charge is 2.42. The lowest BCUT2D eigenvalue weighted by Crippen LogP contribution is -2.47. The van der Waals surface area contributed by atoms with Gasteiger partial charge in [-0.2, -0.15) is 0 Å². The summed E-state index contributed by atoms with van der Waals surface area (Å²) < 4.78 is 0. The van der Waals surface area contributed by atoms with Crippen molar-refractivity contribution < 1.29 is 10.2 Å². The second-order valence-corrected chi connectivity index (χ2v) is 30.3. The lowest BCUT2D eigenvalue weighted by Gasteiger charge is -2.45. The molecule has 11 aliphatic rings. The lowest BCUT2D eigenvalue weighted by atomic mass is 9.64. The van der Waals surface area contributed by atoms with Crippen LogP contribution in [0.5, 0.6) is 0 Å². The van der Waals surface area contributed by atoms with E-state index in [1.165, 1.54) is 173 Å². The largest absolute Gasteiger partial charge is 0.396 e. The van der Waals surface area contributed by atoms with Crippen LogP contribution in [0.3, 0.4) is 0 Å². The van der Waals surface area contributed by atoms with E-state index in [0.717, 1.165) is 72.9 Å². The molecule has 7 N–H and O–H groups in total. The van der Waals surface area contributed by atoms with Crippen LogP contribution >= 0.6 is 0 Å². The quantitative estimate of drug-likeness (QED) is 0.0861. The molecule has 0 bridgehead atoms. The zero-order chi connectivity index (χ0) is 63.2. The molecule has 13 atom stereocenters. The molecule has 2 saturated heterocycles. The van der Waals surface area contributed by atoms with Crippen LogP contribution in [0.25, 0.3) is 54.8 Å². The molecule has 10 heteroatoms. The topological polar surface area (TPSA) is 125 Å². The third-order valence-electron chi connectivity index (χ3n) is 25.2. The van der Waals surface area contributed by atoms with Crippen molar-refractivity contribution in [1.29, 1.82) is 0 Å². The van der Waals surface area contributed by atoms with Gasteiger partial charge in [0.1, 0.15) is 0 Å². The Bertz CT molecular complexity index is 4320. The normalized spacial score (nSPS) is 28.9. The van der Waals surface area contributed by atoms with Gasteiger partial charge in [-0.25, -0.2) is 0 Å². The highest BCUT2D eigenvalue weighted by Crippen LogP contribution is 2.54. The highest BCUT2D eigenvalue weighted by atomic mass is 16.3. The Labute approximate surface area is 558 Å². The number of H-pyrrole nitrogens is 4. The molecule has 5 aromatic carbocycles. The minimum Gasteiger partial charge on any atom is -0.396 e. The molecule has 0 unspecified atom stereocenters. The number of nitrogens with zero attached hydrogens (tertiary/aromatic N) is 3. The summed E-state index contributed by atoms with van der Waals surface area (Å²) in [7, 11) is 6.65. The first-order valence-electron chi connectivity index (χ1n) is 36.2. The van der Waals surface area contributed by atoms with Crippen molar-refractivity contribution in [2.45, 2.75) is 166 Å². The first kappa shape index (κ1) is 63.3. The van der Waals surface area contributed by atoms with Crippen LogP contribution in [0.1, 0.15) is 171 Å². The summed E-state index contributed by atoms with van der Waals surface area (Å²) in [6.45, 7) is 11.7. The van der Waals surface area contributed by atoms with Gasteiger partial charge in [-0.05, 0) is 224 Å². The van der Waals surface area contributed by atoms with Crippen LogP contribution in [0.15, 0.2) is 140 Å². The molecule has 9 aromatic rings. The van der Waals surface area contributed by atoms with Crippen molar-refractivity contribution >= 4 is 54.8 Å². The fourth-order valence-corrected chi connectivity index (χ4v) is 20.3. The van der Waals surface area contributed by atoms with Gasteiger partial charge < -0.3 is 40.4 Å². The summed E-state index contributed by atoms with van der Waals surface area (Å²) in [5, 5.41) is 28.5. The lowest BCUT2D eigenvalue weighted by molar-refractivity contribution is 0.110. The fourth-order valence-electron chi connectivity index (χ4n) is 20.3. The Hall–Kier alpha value is -6.76. The number of aromatic nitrogens is 4. The van der Waals surface area contributed by atoms with E-state index in [-0.39, 0.29) is 26.6 Å². The Morgan fingerprint density at radius 1 is 0.511 bits per heavy atom. The van der Waals surface area contributed by atoms with Crippen LogP contribution in [-0.4, -0.2) is 130 Å². The highest BCUT2D eigenvalue weighted by molar-refractivity contribution is 5.98. The van der Waals surface area contributed by atoms with E-state index in [0.29, 0.717) is 30.1 Å². The average molecular weight is 1260 g/mol. The van der Waals surface area contributed by atoms with Crippen molar-refractivity contribution in [3.8, 4) is 0 Å². The maximum Gasteiger partial charge on any atom is 0.0654 e. The number of piperidine rings is 2. The number of fused-ring (bicyclic) bond motifs is 10. The summed E-state index contributed by atoms with van der Waals surface area (Å²) >= 11 is 0. The molecule has 4 aliphatic heterocycles. The molecule has 0 amide bonds. The monoisotopic (exact) mass is 1260 g/mol. The van der Waals surface area contributed by atoms with Gasteiger partial charge in [0.25, 0.3) is 0 Å². The Morgan fingerprint density at radius 2 is 1.10 bits per heavy atom. The number of nitrogens with one attached hydrogen (secondary N) is 5. The molecule has 10 nitrogen and oxygen atoms in total. The van der Waals surface area contributed by atoms with Crippen molar-refractivity contribution in [1.82, 2.24) is 40.0 Å². The Balaban J connectivity index is 0.0000000967. The van der Waals surface area contributed by atoms with Crippen LogP contribution < -0.4 is 5.32 Å². The van der Waals surface area contributed by atoms with E-state index in [9.17, 15) is 10.2 Å². The second-order valence-electron chi connectivity index (χ2n) is 30.3. The summed E-state index contributed by atoms with van der Waals surface area (Å²) in [5.41, 5.74) is 26.1. The number of allylic oxidation sites excluding steroid dienone is 2. The van der Waals surface area contributed by atoms with Gasteiger partial charge in [0, 0.05) is 136 Å². The molecule has 7 aliphatic carbocycles. The van der Waals surface area contributed by atoms with Gasteiger partial charge in [-0.15, -0.1) is 0 Å². The number of likely N-dealkylation sites (N-methyl/N-ethyl adjacent to an activating group) is 3. The zero-order valence-corrected chi connectivity index (χ0v) is 56.1. The fraction of sp³-hybridized carbons (Fsp3) is 0.476. The maximum atomic E-state index is 9.47. The summed E-state index contributed by atoms with van der Waals surface area (Å²) in [4.78, 5) is 21.0. The van der Waals surface area contributed by atoms with Gasteiger partial charge in [-0.3, -0.25) is 9.80 Å². The molecule has 20 rings (SSSR count). The molecular weight excluding hydrogens is 1150 g/mol. The van der Waals surface area contributed by atoms with E-state index in [4.69, 9.17) is 0 Å². The van der Waals surface area contributed by atoms with E-state index >= 15 is 0 Å². The summed E-state index contributed by atoms with van der Waals surface area (Å²) in [6, 6.07) is 35.9. The van der Waals surface area contributed by atoms with Crippen LogP contribution in [0, 0.1) is 29.6 Å². The third-order valence-corrected chi connectivity index (χ3v) is 25.2. The zero-order valence-electron chi connectivity index (χ0n) is 56.1. The van der Waals surface area contributed by atoms with Crippen molar-refractivity contribution in [2.75, 3.05) is 60.5 Å². The van der Waals surface area contributed by atoms with Crippen LogP contribution in [0.4, 0.5) is 0 Å². The van der Waals surface area contributed by atoms with E-state index in [1.807, 2.05) is 0 Å². The molecular formula is C84H104N8O2. The van der Waals surface area contributed by atoms with E-state index in [2.05, 4.69) is 216 Å². The van der Waals surface area contributed by atoms with E-state index in [1.54, 1.807) is 33.4 Å². The minimum absolute atomic E-state index is 0. The number of aromatic amines is 4. The number of hydrogen-bond acceptors (Lipinski definition) is 6. The van der Waals surface area contributed by atoms with Crippen molar-refractivity contribution in [3.05, 3.63) is 201 Å². The number of likely N-dealkylation sites (tertiary alicyclic amines) is 1. The first-order chi connectivity index (χ1) is 45.6. The minimum atomic E-state index is 0. The molecule has 0 radical (unpaired) electrons. The number of aliphatic hydroxyl groups is 2. The average Bonchev–Trinajstić information content (AvgIpc) is 1.52. The number of rotatable bonds is 5.